The Labute approximate surface area is 102 Å². The Balaban J connectivity index is 2.44. The lowest BCUT2D eigenvalue weighted by Gasteiger charge is -2.02. The molecule has 0 unspecified atom stereocenters. The van der Waals surface area contributed by atoms with E-state index >= 15 is 0 Å². The Bertz CT molecular complexity index is 502. The maximum Gasteiger partial charge on any atom is 0.348 e. The number of esters is 1. The van der Waals surface area contributed by atoms with Gasteiger partial charge in [-0.3, -0.25) is 0 Å². The zero-order valence-corrected chi connectivity index (χ0v) is 10.1. The highest BCUT2D eigenvalue weighted by atomic mass is 35.5. The van der Waals surface area contributed by atoms with Crippen molar-refractivity contribution in [2.24, 2.45) is 0 Å². The first-order valence-corrected chi connectivity index (χ1v) is 5.90. The molecule has 2 aromatic rings. The molecular formula is C12H9ClO2S. The number of hydrogen-bond donors (Lipinski definition) is 0. The van der Waals surface area contributed by atoms with Crippen molar-refractivity contribution in [1.29, 1.82) is 0 Å². The standard InChI is InChI=1S/C12H9ClO2S/c1-15-12(14)11-10(6-7-16-11)8-2-4-9(13)5-3-8/h2-7H,1H3. The number of rotatable bonds is 2. The van der Waals surface area contributed by atoms with Crippen molar-refractivity contribution in [3.05, 3.63) is 45.6 Å². The van der Waals surface area contributed by atoms with Crippen LogP contribution in [0.2, 0.25) is 5.02 Å². The van der Waals surface area contributed by atoms with E-state index in [-0.39, 0.29) is 5.97 Å². The molecule has 2 rings (SSSR count). The number of thiophene rings is 1. The molecule has 0 radical (unpaired) electrons. The summed E-state index contributed by atoms with van der Waals surface area (Å²) in [5.41, 5.74) is 1.85. The van der Waals surface area contributed by atoms with Gasteiger partial charge in [-0.15, -0.1) is 11.3 Å². The lowest BCUT2D eigenvalue weighted by atomic mass is 10.1. The second kappa shape index (κ2) is 4.68. The van der Waals surface area contributed by atoms with Crippen LogP contribution in [0.4, 0.5) is 0 Å². The zero-order valence-electron chi connectivity index (χ0n) is 8.57. The minimum atomic E-state index is -0.306. The first kappa shape index (κ1) is 11.2. The maximum atomic E-state index is 11.5. The van der Waals surface area contributed by atoms with Gasteiger partial charge in [0.2, 0.25) is 0 Å². The van der Waals surface area contributed by atoms with Gasteiger partial charge < -0.3 is 4.74 Å². The molecule has 0 saturated heterocycles. The fraction of sp³-hybridized carbons (Fsp3) is 0.0833. The van der Waals surface area contributed by atoms with Crippen molar-refractivity contribution in [3.8, 4) is 11.1 Å². The fourth-order valence-corrected chi connectivity index (χ4v) is 2.38. The molecule has 0 aliphatic heterocycles. The van der Waals surface area contributed by atoms with Crippen molar-refractivity contribution < 1.29 is 9.53 Å². The molecule has 0 amide bonds. The Morgan fingerprint density at radius 3 is 2.56 bits per heavy atom. The van der Waals surface area contributed by atoms with Gasteiger partial charge in [0, 0.05) is 10.6 Å². The SMILES string of the molecule is COC(=O)c1sccc1-c1ccc(Cl)cc1. The van der Waals surface area contributed by atoms with Crippen molar-refractivity contribution in [3.63, 3.8) is 0 Å². The van der Waals surface area contributed by atoms with Gasteiger partial charge in [0.15, 0.2) is 0 Å². The summed E-state index contributed by atoms with van der Waals surface area (Å²) in [6.45, 7) is 0. The number of benzene rings is 1. The molecule has 2 nitrogen and oxygen atoms in total. The van der Waals surface area contributed by atoms with Crippen LogP contribution in [-0.2, 0) is 4.74 Å². The molecule has 0 saturated carbocycles. The van der Waals surface area contributed by atoms with E-state index in [2.05, 4.69) is 0 Å². The van der Waals surface area contributed by atoms with Gasteiger partial charge in [0.1, 0.15) is 4.88 Å². The predicted molar refractivity (Wildman–Crippen MR) is 66.1 cm³/mol. The highest BCUT2D eigenvalue weighted by Crippen LogP contribution is 2.29. The summed E-state index contributed by atoms with van der Waals surface area (Å²) in [6.07, 6.45) is 0. The van der Waals surface area contributed by atoms with Crippen LogP contribution in [0.3, 0.4) is 0 Å². The summed E-state index contributed by atoms with van der Waals surface area (Å²) < 4.78 is 4.73. The number of carbonyl (C=O) groups is 1. The zero-order chi connectivity index (χ0) is 11.5. The van der Waals surface area contributed by atoms with Crippen molar-refractivity contribution in [1.82, 2.24) is 0 Å². The molecule has 4 heteroatoms. The van der Waals surface area contributed by atoms with Crippen LogP contribution in [-0.4, -0.2) is 13.1 Å². The van der Waals surface area contributed by atoms with Crippen molar-refractivity contribution >= 4 is 28.9 Å². The summed E-state index contributed by atoms with van der Waals surface area (Å²) >= 11 is 7.19. The van der Waals surface area contributed by atoms with Gasteiger partial charge >= 0.3 is 5.97 Å². The van der Waals surface area contributed by atoms with Gasteiger partial charge in [-0.2, -0.15) is 0 Å². The molecule has 0 N–H and O–H groups in total. The molecule has 1 aromatic carbocycles. The third kappa shape index (κ3) is 2.10. The number of hydrogen-bond acceptors (Lipinski definition) is 3. The topological polar surface area (TPSA) is 26.3 Å². The van der Waals surface area contributed by atoms with Gasteiger partial charge in [-0.05, 0) is 29.1 Å². The maximum absolute atomic E-state index is 11.5. The molecule has 0 spiro atoms. The van der Waals surface area contributed by atoms with E-state index in [1.54, 1.807) is 12.1 Å². The molecule has 16 heavy (non-hydrogen) atoms. The molecule has 0 aliphatic rings. The number of halogens is 1. The second-order valence-electron chi connectivity index (χ2n) is 3.16. The second-order valence-corrected chi connectivity index (χ2v) is 4.51. The monoisotopic (exact) mass is 252 g/mol. The molecule has 1 aromatic heterocycles. The van der Waals surface area contributed by atoms with E-state index in [0.717, 1.165) is 11.1 Å². The molecule has 0 bridgehead atoms. The molecule has 1 heterocycles. The largest absolute Gasteiger partial charge is 0.465 e. The van der Waals surface area contributed by atoms with E-state index in [1.165, 1.54) is 18.4 Å². The van der Waals surface area contributed by atoms with Gasteiger partial charge in [-0.25, -0.2) is 4.79 Å². The van der Waals surface area contributed by atoms with Crippen LogP contribution >= 0.6 is 22.9 Å². The Morgan fingerprint density at radius 2 is 1.94 bits per heavy atom. The Morgan fingerprint density at radius 1 is 1.25 bits per heavy atom. The Kier molecular flexibility index (Phi) is 3.27. The highest BCUT2D eigenvalue weighted by molar-refractivity contribution is 7.12. The summed E-state index contributed by atoms with van der Waals surface area (Å²) in [7, 11) is 1.38. The summed E-state index contributed by atoms with van der Waals surface area (Å²) in [5.74, 6) is -0.306. The lowest BCUT2D eigenvalue weighted by Crippen LogP contribution is -1.99. The summed E-state index contributed by atoms with van der Waals surface area (Å²) in [4.78, 5) is 12.1. The number of ether oxygens (including phenoxy) is 1. The molecule has 0 fully saturated rings. The van der Waals surface area contributed by atoms with E-state index < -0.39 is 0 Å². The third-order valence-electron chi connectivity index (χ3n) is 2.19. The first-order valence-electron chi connectivity index (χ1n) is 4.64. The van der Waals surface area contributed by atoms with Crippen molar-refractivity contribution in [2.75, 3.05) is 7.11 Å². The molecule has 0 atom stereocenters. The predicted octanol–water partition coefficient (Wildman–Crippen LogP) is 3.86. The third-order valence-corrected chi connectivity index (χ3v) is 3.34. The highest BCUT2D eigenvalue weighted by Gasteiger charge is 2.14. The average Bonchev–Trinajstić information content (AvgIpc) is 2.78. The van der Waals surface area contributed by atoms with Crippen LogP contribution in [0, 0.1) is 0 Å². The lowest BCUT2D eigenvalue weighted by molar-refractivity contribution is 0.0607. The van der Waals surface area contributed by atoms with Crippen LogP contribution in [0.5, 0.6) is 0 Å². The van der Waals surface area contributed by atoms with E-state index in [4.69, 9.17) is 16.3 Å². The summed E-state index contributed by atoms with van der Waals surface area (Å²) in [5, 5.41) is 2.55. The van der Waals surface area contributed by atoms with E-state index in [0.29, 0.717) is 9.90 Å². The quantitative estimate of drug-likeness (QED) is 0.759. The average molecular weight is 253 g/mol. The van der Waals surface area contributed by atoms with E-state index in [1.807, 2.05) is 23.6 Å². The number of carbonyl (C=O) groups excluding carboxylic acids is 1. The van der Waals surface area contributed by atoms with Gasteiger partial charge in [0.25, 0.3) is 0 Å². The molecule has 82 valence electrons. The minimum Gasteiger partial charge on any atom is -0.465 e. The smallest absolute Gasteiger partial charge is 0.348 e. The molecule has 0 aliphatic carbocycles. The number of methoxy groups -OCH3 is 1. The normalized spacial score (nSPS) is 10.1. The van der Waals surface area contributed by atoms with Crippen LogP contribution in [0.25, 0.3) is 11.1 Å². The Hall–Kier alpha value is -1.32. The first-order chi connectivity index (χ1) is 7.72. The van der Waals surface area contributed by atoms with Crippen LogP contribution in [0.15, 0.2) is 35.7 Å². The minimum absolute atomic E-state index is 0.306. The van der Waals surface area contributed by atoms with E-state index in [9.17, 15) is 4.79 Å². The van der Waals surface area contributed by atoms with Crippen molar-refractivity contribution in [2.45, 2.75) is 0 Å². The van der Waals surface area contributed by atoms with Gasteiger partial charge in [-0.1, -0.05) is 23.7 Å². The summed E-state index contributed by atoms with van der Waals surface area (Å²) in [6, 6.07) is 9.28. The van der Waals surface area contributed by atoms with Gasteiger partial charge in [0.05, 0.1) is 7.11 Å². The molecular weight excluding hydrogens is 244 g/mol. The fourth-order valence-electron chi connectivity index (χ4n) is 1.42. The van der Waals surface area contributed by atoms with Crippen LogP contribution in [0.1, 0.15) is 9.67 Å². The van der Waals surface area contributed by atoms with Crippen LogP contribution < -0.4 is 0 Å².